The number of aromatic hydroxyl groups is 1. The van der Waals surface area contributed by atoms with Crippen LogP contribution in [0.2, 0.25) is 0 Å². The Kier molecular flexibility index (Phi) is 4.04. The van der Waals surface area contributed by atoms with Gasteiger partial charge in [0.15, 0.2) is 0 Å². The van der Waals surface area contributed by atoms with Gasteiger partial charge in [0.1, 0.15) is 23.1 Å². The predicted octanol–water partition coefficient (Wildman–Crippen LogP) is 3.29. The molecule has 0 saturated carbocycles. The molecule has 0 radical (unpaired) electrons. The quantitative estimate of drug-likeness (QED) is 0.776. The standard InChI is InChI=1S/C19H14N2O3/c1-24-13-7-8-18(22)15(9-13)17-10-14(12-5-3-2-4-6-12)16(11-20)19(23)21-17/h2-10,22H,1H3,(H,21,23). The van der Waals surface area contributed by atoms with Crippen LogP contribution >= 0.6 is 0 Å². The molecule has 3 rings (SSSR count). The average molecular weight is 318 g/mol. The van der Waals surface area contributed by atoms with Crippen molar-refractivity contribution in [2.75, 3.05) is 7.11 Å². The first-order valence-corrected chi connectivity index (χ1v) is 7.24. The summed E-state index contributed by atoms with van der Waals surface area (Å²) in [7, 11) is 1.52. The smallest absolute Gasteiger partial charge is 0.266 e. The summed E-state index contributed by atoms with van der Waals surface area (Å²) in [6, 6.07) is 17.5. The molecular formula is C19H14N2O3. The molecular weight excluding hydrogens is 304 g/mol. The minimum Gasteiger partial charge on any atom is -0.507 e. The van der Waals surface area contributed by atoms with Crippen molar-refractivity contribution in [2.24, 2.45) is 0 Å². The van der Waals surface area contributed by atoms with Gasteiger partial charge >= 0.3 is 0 Å². The van der Waals surface area contributed by atoms with Crippen LogP contribution in [0.15, 0.2) is 59.4 Å². The highest BCUT2D eigenvalue weighted by atomic mass is 16.5. The molecule has 1 aromatic heterocycles. The Balaban J connectivity index is 2.27. The molecule has 0 unspecified atom stereocenters. The number of aromatic amines is 1. The van der Waals surface area contributed by atoms with Gasteiger partial charge in [0.2, 0.25) is 0 Å². The molecule has 0 aliphatic heterocycles. The summed E-state index contributed by atoms with van der Waals surface area (Å²) in [4.78, 5) is 15.0. The zero-order valence-electron chi connectivity index (χ0n) is 12.9. The zero-order valence-corrected chi connectivity index (χ0v) is 12.9. The molecule has 118 valence electrons. The maximum absolute atomic E-state index is 12.3. The first-order valence-electron chi connectivity index (χ1n) is 7.24. The van der Waals surface area contributed by atoms with Crippen molar-refractivity contribution in [2.45, 2.75) is 0 Å². The van der Waals surface area contributed by atoms with E-state index in [9.17, 15) is 15.2 Å². The number of nitrogens with zero attached hydrogens (tertiary/aromatic N) is 1. The maximum atomic E-state index is 12.3. The van der Waals surface area contributed by atoms with E-state index in [4.69, 9.17) is 4.74 Å². The highest BCUT2D eigenvalue weighted by Crippen LogP contribution is 2.33. The van der Waals surface area contributed by atoms with E-state index in [0.717, 1.165) is 5.56 Å². The van der Waals surface area contributed by atoms with Crippen molar-refractivity contribution in [3.05, 3.63) is 70.5 Å². The molecule has 2 aromatic carbocycles. The summed E-state index contributed by atoms with van der Waals surface area (Å²) in [6.45, 7) is 0. The fourth-order valence-electron chi connectivity index (χ4n) is 2.52. The Hall–Kier alpha value is -3.52. The van der Waals surface area contributed by atoms with Gasteiger partial charge < -0.3 is 14.8 Å². The molecule has 5 nitrogen and oxygen atoms in total. The van der Waals surface area contributed by atoms with Crippen molar-refractivity contribution >= 4 is 0 Å². The van der Waals surface area contributed by atoms with Crippen molar-refractivity contribution < 1.29 is 9.84 Å². The fraction of sp³-hybridized carbons (Fsp3) is 0.0526. The maximum Gasteiger partial charge on any atom is 0.266 e. The number of benzene rings is 2. The SMILES string of the molecule is COc1ccc(O)c(-c2cc(-c3ccccc3)c(C#N)c(=O)[nH]2)c1. The number of nitrogens with one attached hydrogen (secondary N) is 1. The fourth-order valence-corrected chi connectivity index (χ4v) is 2.52. The Morgan fingerprint density at radius 1 is 1.08 bits per heavy atom. The van der Waals surface area contributed by atoms with Gasteiger partial charge in [-0.15, -0.1) is 0 Å². The molecule has 1 heterocycles. The number of hydrogen-bond donors (Lipinski definition) is 2. The van der Waals surface area contributed by atoms with Gasteiger partial charge in [-0.25, -0.2) is 0 Å². The molecule has 0 spiro atoms. The van der Waals surface area contributed by atoms with E-state index < -0.39 is 5.56 Å². The van der Waals surface area contributed by atoms with Crippen LogP contribution in [0.1, 0.15) is 5.56 Å². The topological polar surface area (TPSA) is 86.1 Å². The number of nitriles is 1. The lowest BCUT2D eigenvalue weighted by Gasteiger charge is -2.10. The second-order valence-corrected chi connectivity index (χ2v) is 5.16. The number of aromatic nitrogens is 1. The van der Waals surface area contributed by atoms with E-state index in [2.05, 4.69) is 4.98 Å². The van der Waals surface area contributed by atoms with Crippen molar-refractivity contribution in [3.63, 3.8) is 0 Å². The van der Waals surface area contributed by atoms with Gasteiger partial charge in [0.25, 0.3) is 5.56 Å². The summed E-state index contributed by atoms with van der Waals surface area (Å²) in [5.41, 5.74) is 1.63. The number of rotatable bonds is 3. The number of phenols is 1. The Bertz CT molecular complexity index is 986. The summed E-state index contributed by atoms with van der Waals surface area (Å²) in [5.74, 6) is 0.560. The van der Waals surface area contributed by atoms with Crippen molar-refractivity contribution in [3.8, 4) is 40.0 Å². The van der Waals surface area contributed by atoms with Gasteiger partial charge in [-0.2, -0.15) is 5.26 Å². The molecule has 0 fully saturated rings. The normalized spacial score (nSPS) is 10.2. The molecule has 0 aliphatic rings. The van der Waals surface area contributed by atoms with Gasteiger partial charge in [-0.1, -0.05) is 30.3 Å². The number of methoxy groups -OCH3 is 1. The second-order valence-electron chi connectivity index (χ2n) is 5.16. The molecule has 0 atom stereocenters. The average Bonchev–Trinajstić information content (AvgIpc) is 2.62. The van der Waals surface area contributed by atoms with Crippen LogP contribution in [0.5, 0.6) is 11.5 Å². The van der Waals surface area contributed by atoms with Crippen LogP contribution in [0.25, 0.3) is 22.4 Å². The summed E-state index contributed by atoms with van der Waals surface area (Å²) < 4.78 is 5.17. The van der Waals surface area contributed by atoms with Crippen molar-refractivity contribution in [1.82, 2.24) is 4.98 Å². The van der Waals surface area contributed by atoms with Crippen LogP contribution in [0, 0.1) is 11.3 Å². The number of pyridine rings is 1. The van der Waals surface area contributed by atoms with Gasteiger partial charge in [0, 0.05) is 11.1 Å². The highest BCUT2D eigenvalue weighted by molar-refractivity contribution is 5.77. The zero-order chi connectivity index (χ0) is 17.1. The van der Waals surface area contributed by atoms with Crippen LogP contribution < -0.4 is 10.3 Å². The Labute approximate surface area is 138 Å². The molecule has 24 heavy (non-hydrogen) atoms. The first-order chi connectivity index (χ1) is 11.6. The minimum absolute atomic E-state index is 0.00942. The Morgan fingerprint density at radius 3 is 2.50 bits per heavy atom. The molecule has 0 bridgehead atoms. The van der Waals surface area contributed by atoms with Gasteiger partial charge in [0.05, 0.1) is 12.8 Å². The third kappa shape index (κ3) is 2.73. The lowest BCUT2D eigenvalue weighted by Crippen LogP contribution is -2.12. The monoisotopic (exact) mass is 318 g/mol. The van der Waals surface area contributed by atoms with Gasteiger partial charge in [-0.05, 0) is 29.8 Å². The Morgan fingerprint density at radius 2 is 1.83 bits per heavy atom. The predicted molar refractivity (Wildman–Crippen MR) is 90.9 cm³/mol. The number of hydrogen-bond acceptors (Lipinski definition) is 4. The number of ether oxygens (including phenoxy) is 1. The van der Waals surface area contributed by atoms with E-state index in [1.165, 1.54) is 13.2 Å². The third-order valence-corrected chi connectivity index (χ3v) is 3.72. The molecule has 0 amide bonds. The number of phenolic OH excluding ortho intramolecular Hbond substituents is 1. The van der Waals surface area contributed by atoms with Gasteiger partial charge in [-0.3, -0.25) is 4.79 Å². The van der Waals surface area contributed by atoms with Crippen LogP contribution in [0.3, 0.4) is 0 Å². The molecule has 2 N–H and O–H groups in total. The van der Waals surface area contributed by atoms with E-state index in [1.807, 2.05) is 36.4 Å². The summed E-state index contributed by atoms with van der Waals surface area (Å²) in [6.07, 6.45) is 0. The second kappa shape index (κ2) is 6.31. The lowest BCUT2D eigenvalue weighted by atomic mass is 9.99. The van der Waals surface area contributed by atoms with E-state index in [0.29, 0.717) is 22.6 Å². The van der Waals surface area contributed by atoms with Crippen molar-refractivity contribution in [1.29, 1.82) is 5.26 Å². The molecule has 0 saturated heterocycles. The van der Waals surface area contributed by atoms with E-state index >= 15 is 0 Å². The number of H-pyrrole nitrogens is 1. The van der Waals surface area contributed by atoms with Crippen LogP contribution in [0.4, 0.5) is 0 Å². The lowest BCUT2D eigenvalue weighted by molar-refractivity contribution is 0.412. The molecule has 0 aliphatic carbocycles. The largest absolute Gasteiger partial charge is 0.507 e. The highest BCUT2D eigenvalue weighted by Gasteiger charge is 2.14. The molecule has 3 aromatic rings. The van der Waals surface area contributed by atoms with Crippen LogP contribution in [-0.4, -0.2) is 17.2 Å². The summed E-state index contributed by atoms with van der Waals surface area (Å²) in [5, 5.41) is 19.4. The van der Waals surface area contributed by atoms with E-state index in [-0.39, 0.29) is 11.3 Å². The van der Waals surface area contributed by atoms with Crippen LogP contribution in [-0.2, 0) is 0 Å². The van der Waals surface area contributed by atoms with E-state index in [1.54, 1.807) is 18.2 Å². The third-order valence-electron chi connectivity index (χ3n) is 3.72. The minimum atomic E-state index is -0.504. The first kappa shape index (κ1) is 15.4. The molecule has 5 heteroatoms. The summed E-state index contributed by atoms with van der Waals surface area (Å²) >= 11 is 0.